The SMILES string of the molecule is CNCC1CCN(C(=O)/C=C/c2ccc(Cl)cc2)C1. The normalized spacial score (nSPS) is 19.3. The minimum atomic E-state index is 0.0913. The largest absolute Gasteiger partial charge is 0.339 e. The van der Waals surface area contributed by atoms with Gasteiger partial charge in [0.15, 0.2) is 0 Å². The first-order valence-corrected chi connectivity index (χ1v) is 6.94. The summed E-state index contributed by atoms with van der Waals surface area (Å²) in [7, 11) is 1.95. The second kappa shape index (κ2) is 6.73. The number of halogens is 1. The maximum absolute atomic E-state index is 12.0. The summed E-state index contributed by atoms with van der Waals surface area (Å²) < 4.78 is 0. The Bertz CT molecular complexity index is 456. The number of amides is 1. The molecular formula is C15H19ClN2O. The number of rotatable bonds is 4. The van der Waals surface area contributed by atoms with Crippen LogP contribution in [-0.2, 0) is 4.79 Å². The summed E-state index contributed by atoms with van der Waals surface area (Å²) in [5, 5.41) is 3.87. The lowest BCUT2D eigenvalue weighted by Crippen LogP contribution is -2.28. The van der Waals surface area contributed by atoms with Crippen LogP contribution >= 0.6 is 11.6 Å². The van der Waals surface area contributed by atoms with Crippen molar-refractivity contribution < 1.29 is 4.79 Å². The lowest BCUT2D eigenvalue weighted by atomic mass is 10.1. The summed E-state index contributed by atoms with van der Waals surface area (Å²) in [6.45, 7) is 2.69. The first kappa shape index (κ1) is 14.1. The molecule has 1 fully saturated rings. The summed E-state index contributed by atoms with van der Waals surface area (Å²) in [6, 6.07) is 7.45. The molecule has 0 spiro atoms. The van der Waals surface area contributed by atoms with Gasteiger partial charge in [0.1, 0.15) is 0 Å². The minimum absolute atomic E-state index is 0.0913. The van der Waals surface area contributed by atoms with Gasteiger partial charge in [-0.15, -0.1) is 0 Å². The van der Waals surface area contributed by atoms with E-state index in [2.05, 4.69) is 5.32 Å². The van der Waals surface area contributed by atoms with E-state index in [0.717, 1.165) is 31.6 Å². The topological polar surface area (TPSA) is 32.3 Å². The van der Waals surface area contributed by atoms with Gasteiger partial charge in [-0.1, -0.05) is 23.7 Å². The Morgan fingerprint density at radius 3 is 2.89 bits per heavy atom. The third-order valence-electron chi connectivity index (χ3n) is 3.38. The second-order valence-electron chi connectivity index (χ2n) is 4.88. The van der Waals surface area contributed by atoms with E-state index in [9.17, 15) is 4.79 Å². The summed E-state index contributed by atoms with van der Waals surface area (Å²) in [6.07, 6.45) is 4.57. The van der Waals surface area contributed by atoms with Gasteiger partial charge in [-0.3, -0.25) is 4.79 Å². The monoisotopic (exact) mass is 278 g/mol. The predicted octanol–water partition coefficient (Wildman–Crippen LogP) is 2.42. The molecule has 1 unspecified atom stereocenters. The van der Waals surface area contributed by atoms with Gasteiger partial charge in [0.2, 0.25) is 5.91 Å². The smallest absolute Gasteiger partial charge is 0.246 e. The van der Waals surface area contributed by atoms with Crippen LogP contribution in [0, 0.1) is 5.92 Å². The van der Waals surface area contributed by atoms with Crippen molar-refractivity contribution in [1.82, 2.24) is 10.2 Å². The highest BCUT2D eigenvalue weighted by molar-refractivity contribution is 6.30. The first-order chi connectivity index (χ1) is 9.19. The molecule has 1 aromatic rings. The molecule has 1 atom stereocenters. The quantitative estimate of drug-likeness (QED) is 0.858. The molecule has 0 saturated carbocycles. The zero-order valence-corrected chi connectivity index (χ0v) is 11.9. The van der Waals surface area contributed by atoms with E-state index in [0.29, 0.717) is 10.9 Å². The number of likely N-dealkylation sites (tertiary alicyclic amines) is 1. The third kappa shape index (κ3) is 4.08. The van der Waals surface area contributed by atoms with Gasteiger partial charge in [-0.05, 0) is 49.7 Å². The number of benzene rings is 1. The van der Waals surface area contributed by atoms with E-state index in [-0.39, 0.29) is 5.91 Å². The Hall–Kier alpha value is -1.32. The summed E-state index contributed by atoms with van der Waals surface area (Å²) >= 11 is 5.82. The molecule has 2 rings (SSSR count). The highest BCUT2D eigenvalue weighted by atomic mass is 35.5. The molecule has 1 aliphatic heterocycles. The summed E-state index contributed by atoms with van der Waals surface area (Å²) in [5.41, 5.74) is 0.990. The second-order valence-corrected chi connectivity index (χ2v) is 5.32. The van der Waals surface area contributed by atoms with Crippen molar-refractivity contribution in [3.8, 4) is 0 Å². The van der Waals surface area contributed by atoms with Crippen LogP contribution in [0.15, 0.2) is 30.3 Å². The number of nitrogens with zero attached hydrogens (tertiary/aromatic N) is 1. The van der Waals surface area contributed by atoms with Gasteiger partial charge in [-0.2, -0.15) is 0 Å². The average Bonchev–Trinajstić information content (AvgIpc) is 2.87. The van der Waals surface area contributed by atoms with Crippen LogP contribution in [0.2, 0.25) is 5.02 Å². The number of hydrogen-bond acceptors (Lipinski definition) is 2. The lowest BCUT2D eigenvalue weighted by Gasteiger charge is -2.14. The highest BCUT2D eigenvalue weighted by Crippen LogP contribution is 2.16. The van der Waals surface area contributed by atoms with Gasteiger partial charge < -0.3 is 10.2 Å². The predicted molar refractivity (Wildman–Crippen MR) is 79.1 cm³/mol. The summed E-state index contributed by atoms with van der Waals surface area (Å²) in [5.74, 6) is 0.673. The van der Waals surface area contributed by atoms with Crippen LogP contribution in [0.5, 0.6) is 0 Å². The zero-order valence-electron chi connectivity index (χ0n) is 11.1. The Kier molecular flexibility index (Phi) is 5.00. The molecule has 102 valence electrons. The molecule has 0 aromatic heterocycles. The van der Waals surface area contributed by atoms with Crippen molar-refractivity contribution in [3.63, 3.8) is 0 Å². The number of nitrogens with one attached hydrogen (secondary N) is 1. The first-order valence-electron chi connectivity index (χ1n) is 6.56. The molecular weight excluding hydrogens is 260 g/mol. The highest BCUT2D eigenvalue weighted by Gasteiger charge is 2.24. The Balaban J connectivity index is 1.89. The minimum Gasteiger partial charge on any atom is -0.339 e. The van der Waals surface area contributed by atoms with Crippen LogP contribution < -0.4 is 5.32 Å². The van der Waals surface area contributed by atoms with Crippen LogP contribution in [0.4, 0.5) is 0 Å². The molecule has 1 aliphatic rings. The maximum Gasteiger partial charge on any atom is 0.246 e. The fourth-order valence-electron chi connectivity index (χ4n) is 2.33. The molecule has 1 heterocycles. The van der Waals surface area contributed by atoms with Crippen molar-refractivity contribution in [2.24, 2.45) is 5.92 Å². The molecule has 4 heteroatoms. The van der Waals surface area contributed by atoms with Crippen LogP contribution in [-0.4, -0.2) is 37.5 Å². The fraction of sp³-hybridized carbons (Fsp3) is 0.400. The molecule has 1 amide bonds. The molecule has 1 aromatic carbocycles. The van der Waals surface area contributed by atoms with Gasteiger partial charge >= 0.3 is 0 Å². The third-order valence-corrected chi connectivity index (χ3v) is 3.63. The standard InChI is InChI=1S/C15H19ClN2O/c1-17-10-13-8-9-18(11-13)15(19)7-4-12-2-5-14(16)6-3-12/h2-7,13,17H,8-11H2,1H3/b7-4+. The van der Waals surface area contributed by atoms with Crippen LogP contribution in [0.1, 0.15) is 12.0 Å². The van der Waals surface area contributed by atoms with E-state index in [4.69, 9.17) is 11.6 Å². The Morgan fingerprint density at radius 2 is 2.21 bits per heavy atom. The lowest BCUT2D eigenvalue weighted by molar-refractivity contribution is -0.125. The van der Waals surface area contributed by atoms with Crippen molar-refractivity contribution >= 4 is 23.6 Å². The van der Waals surface area contributed by atoms with E-state index in [1.54, 1.807) is 6.08 Å². The molecule has 0 aliphatic carbocycles. The van der Waals surface area contributed by atoms with Gasteiger partial charge in [0.25, 0.3) is 0 Å². The molecule has 0 bridgehead atoms. The van der Waals surface area contributed by atoms with Crippen molar-refractivity contribution in [1.29, 1.82) is 0 Å². The van der Waals surface area contributed by atoms with Gasteiger partial charge in [0, 0.05) is 24.2 Å². The summed E-state index contributed by atoms with van der Waals surface area (Å²) in [4.78, 5) is 13.9. The molecule has 1 saturated heterocycles. The van der Waals surface area contributed by atoms with E-state index < -0.39 is 0 Å². The zero-order chi connectivity index (χ0) is 13.7. The van der Waals surface area contributed by atoms with Crippen molar-refractivity contribution in [2.45, 2.75) is 6.42 Å². The number of carbonyl (C=O) groups is 1. The van der Waals surface area contributed by atoms with E-state index in [1.165, 1.54) is 0 Å². The Labute approximate surface area is 119 Å². The van der Waals surface area contributed by atoms with Gasteiger partial charge in [0.05, 0.1) is 0 Å². The van der Waals surface area contributed by atoms with Crippen molar-refractivity contribution in [2.75, 3.05) is 26.7 Å². The average molecular weight is 279 g/mol. The van der Waals surface area contributed by atoms with Crippen LogP contribution in [0.3, 0.4) is 0 Å². The molecule has 0 radical (unpaired) electrons. The van der Waals surface area contributed by atoms with E-state index in [1.807, 2.05) is 42.3 Å². The molecule has 1 N–H and O–H groups in total. The number of carbonyl (C=O) groups excluding carboxylic acids is 1. The molecule has 3 nitrogen and oxygen atoms in total. The van der Waals surface area contributed by atoms with E-state index >= 15 is 0 Å². The van der Waals surface area contributed by atoms with Crippen molar-refractivity contribution in [3.05, 3.63) is 40.9 Å². The maximum atomic E-state index is 12.0. The van der Waals surface area contributed by atoms with Crippen LogP contribution in [0.25, 0.3) is 6.08 Å². The molecule has 19 heavy (non-hydrogen) atoms. The number of hydrogen-bond donors (Lipinski definition) is 1. The Morgan fingerprint density at radius 1 is 1.47 bits per heavy atom. The fourth-order valence-corrected chi connectivity index (χ4v) is 2.46. The van der Waals surface area contributed by atoms with Gasteiger partial charge in [-0.25, -0.2) is 0 Å².